The fourth-order valence-corrected chi connectivity index (χ4v) is 7.77. The molecule has 2 aliphatic carbocycles. The van der Waals surface area contributed by atoms with Crippen LogP contribution in [0.1, 0.15) is 63.6 Å². The molecule has 1 heterocycles. The van der Waals surface area contributed by atoms with E-state index in [0.29, 0.717) is 29.4 Å². The van der Waals surface area contributed by atoms with Crippen molar-refractivity contribution in [3.63, 3.8) is 0 Å². The number of hydrogen-bond donors (Lipinski definition) is 3. The van der Waals surface area contributed by atoms with Gasteiger partial charge in [-0.2, -0.15) is 17.9 Å². The fraction of sp³-hybridized carbons (Fsp3) is 0.410. The molecule has 3 amide bonds. The highest BCUT2D eigenvalue weighted by molar-refractivity contribution is 7.91. The van der Waals surface area contributed by atoms with Crippen molar-refractivity contribution >= 4 is 46.4 Å². The second-order valence-corrected chi connectivity index (χ2v) is 17.5. The number of benzene rings is 3. The molecule has 0 radical (unpaired) electrons. The smallest absolute Gasteiger partial charge is 0.416 e. The first-order valence-electron chi connectivity index (χ1n) is 17.3. The van der Waals surface area contributed by atoms with E-state index >= 15 is 0 Å². The molecule has 0 spiro atoms. The molecule has 3 aromatic rings. The first-order valence-corrected chi connectivity index (χ1v) is 18.8. The Balaban J connectivity index is 1.33. The molecule has 53 heavy (non-hydrogen) atoms. The van der Waals surface area contributed by atoms with E-state index in [1.54, 1.807) is 69.3 Å². The van der Waals surface area contributed by atoms with Crippen LogP contribution < -0.4 is 20.1 Å². The molecule has 0 aromatic heterocycles. The van der Waals surface area contributed by atoms with E-state index in [2.05, 4.69) is 21.9 Å². The second kappa shape index (κ2) is 14.2. The Hall–Kier alpha value is -4.20. The summed E-state index contributed by atoms with van der Waals surface area (Å²) in [6.07, 6.45) is -1.34. The van der Waals surface area contributed by atoms with E-state index < -0.39 is 74.5 Å². The molecule has 0 bridgehead atoms. The molecule has 3 aliphatic rings. The van der Waals surface area contributed by atoms with Gasteiger partial charge in [0.15, 0.2) is 0 Å². The molecular formula is C39H42ClF3N4O5S. The highest BCUT2D eigenvalue weighted by Gasteiger charge is 2.63. The van der Waals surface area contributed by atoms with E-state index in [-0.39, 0.29) is 25.1 Å². The molecule has 6 rings (SSSR count). The van der Waals surface area contributed by atoms with Crippen LogP contribution in [-0.2, 0) is 44.9 Å². The molecule has 2 fully saturated rings. The van der Waals surface area contributed by atoms with Crippen LogP contribution in [0.5, 0.6) is 11.5 Å². The predicted molar refractivity (Wildman–Crippen MR) is 197 cm³/mol. The number of halogens is 4. The van der Waals surface area contributed by atoms with Crippen molar-refractivity contribution in [3.05, 3.63) is 101 Å². The number of anilines is 1. The number of nitrogens with one attached hydrogen (secondary N) is 3. The Bertz CT molecular complexity index is 1930. The summed E-state index contributed by atoms with van der Waals surface area (Å²) < 4.78 is 61.9. The molecule has 3 aromatic carbocycles. The SMILES string of the molecule is C=C[C@@H]1C[C@]1(NC(=O)[C@H]1Cc2cc(Oc3cccc(Cl)c3)ccc2CN1C(=O)[C@@H](Nc1cccc(C(F)(F)F)c1)C(C)(C)C)C(=O)N[S+]([O-])C1(C)CC1. The lowest BCUT2D eigenvalue weighted by molar-refractivity contribution is -0.145. The van der Waals surface area contributed by atoms with Gasteiger partial charge in [-0.05, 0) is 78.4 Å². The predicted octanol–water partition coefficient (Wildman–Crippen LogP) is 7.32. The first kappa shape index (κ1) is 38.5. The van der Waals surface area contributed by atoms with Crippen LogP contribution in [0.3, 0.4) is 0 Å². The molecular weight excluding hydrogens is 729 g/mol. The molecule has 282 valence electrons. The number of alkyl halides is 3. The second-order valence-electron chi connectivity index (χ2n) is 15.4. The van der Waals surface area contributed by atoms with E-state index in [0.717, 1.165) is 23.3 Å². The normalized spacial score (nSPS) is 22.8. The zero-order valence-electron chi connectivity index (χ0n) is 29.8. The minimum absolute atomic E-state index is 0.00694. The maximum absolute atomic E-state index is 14.7. The molecule has 9 nitrogen and oxygen atoms in total. The third-order valence-corrected chi connectivity index (χ3v) is 12.1. The van der Waals surface area contributed by atoms with Gasteiger partial charge < -0.3 is 24.8 Å². The van der Waals surface area contributed by atoms with Gasteiger partial charge in [-0.1, -0.05) is 56.6 Å². The summed E-state index contributed by atoms with van der Waals surface area (Å²) in [6.45, 7) is 11.0. The van der Waals surface area contributed by atoms with Crippen molar-refractivity contribution in [2.24, 2.45) is 11.3 Å². The van der Waals surface area contributed by atoms with Crippen molar-refractivity contribution in [2.45, 2.75) is 88.5 Å². The van der Waals surface area contributed by atoms with Gasteiger partial charge in [-0.15, -0.1) is 6.58 Å². The first-order chi connectivity index (χ1) is 24.8. The summed E-state index contributed by atoms with van der Waals surface area (Å²) in [5, 5.41) is 6.42. The Morgan fingerprint density at radius 2 is 1.74 bits per heavy atom. The monoisotopic (exact) mass is 770 g/mol. The van der Waals surface area contributed by atoms with Gasteiger partial charge in [0.1, 0.15) is 33.9 Å². The number of amides is 3. The van der Waals surface area contributed by atoms with Gasteiger partial charge >= 0.3 is 6.18 Å². The molecule has 1 aliphatic heterocycles. The summed E-state index contributed by atoms with van der Waals surface area (Å²) >= 11 is 4.49. The van der Waals surface area contributed by atoms with Gasteiger partial charge in [0, 0.05) is 42.4 Å². The lowest BCUT2D eigenvalue weighted by Crippen LogP contribution is -2.61. The van der Waals surface area contributed by atoms with Crippen molar-refractivity contribution in [1.29, 1.82) is 0 Å². The van der Waals surface area contributed by atoms with E-state index in [1.807, 2.05) is 6.92 Å². The Morgan fingerprint density at radius 3 is 2.36 bits per heavy atom. The van der Waals surface area contributed by atoms with Crippen LogP contribution >= 0.6 is 11.6 Å². The van der Waals surface area contributed by atoms with Crippen LogP contribution in [0.2, 0.25) is 5.02 Å². The highest BCUT2D eigenvalue weighted by Crippen LogP contribution is 2.47. The zero-order chi connectivity index (χ0) is 38.5. The summed E-state index contributed by atoms with van der Waals surface area (Å²) in [4.78, 5) is 44.2. The zero-order valence-corrected chi connectivity index (χ0v) is 31.4. The molecule has 2 saturated carbocycles. The Kier molecular flexibility index (Phi) is 10.3. The van der Waals surface area contributed by atoms with Crippen LogP contribution in [0.25, 0.3) is 0 Å². The highest BCUT2D eigenvalue weighted by atomic mass is 35.5. The van der Waals surface area contributed by atoms with E-state index in [9.17, 15) is 32.1 Å². The van der Waals surface area contributed by atoms with Crippen molar-refractivity contribution < 1.29 is 36.8 Å². The van der Waals surface area contributed by atoms with Crippen LogP contribution in [0.4, 0.5) is 18.9 Å². The van der Waals surface area contributed by atoms with Gasteiger partial charge in [0.25, 0.3) is 5.91 Å². The Labute approximate surface area is 315 Å². The van der Waals surface area contributed by atoms with Gasteiger partial charge in [-0.3, -0.25) is 14.4 Å². The van der Waals surface area contributed by atoms with Gasteiger partial charge in [0.2, 0.25) is 11.8 Å². The number of carbonyl (C=O) groups is 3. The lowest BCUT2D eigenvalue weighted by atomic mass is 9.84. The van der Waals surface area contributed by atoms with Gasteiger partial charge in [-0.25, -0.2) is 0 Å². The maximum Gasteiger partial charge on any atom is 0.416 e. The lowest BCUT2D eigenvalue weighted by Gasteiger charge is -2.41. The van der Waals surface area contributed by atoms with Crippen LogP contribution in [-0.4, -0.2) is 49.5 Å². The van der Waals surface area contributed by atoms with Crippen LogP contribution in [0.15, 0.2) is 79.4 Å². The summed E-state index contributed by atoms with van der Waals surface area (Å²) in [5.41, 5.74) is -1.55. The summed E-state index contributed by atoms with van der Waals surface area (Å²) in [7, 11) is 0. The van der Waals surface area contributed by atoms with Crippen molar-refractivity contribution in [1.82, 2.24) is 14.9 Å². The van der Waals surface area contributed by atoms with E-state index in [1.165, 1.54) is 17.0 Å². The Morgan fingerprint density at radius 1 is 1.04 bits per heavy atom. The third kappa shape index (κ3) is 8.32. The number of nitrogens with zero attached hydrogens (tertiary/aromatic N) is 1. The van der Waals surface area contributed by atoms with E-state index in [4.69, 9.17) is 16.3 Å². The average Bonchev–Trinajstić information content (AvgIpc) is 4.02. The standard InChI is InChI=1S/C39H42ClF3N4O5S/c1-6-25-21-38(25,35(50)46-53(51)37(5)15-16-37)45-33(48)31-18-24-17-30(52-29-12-8-10-27(40)20-29)14-13-23(24)22-47(31)34(49)32(36(2,3)4)44-28-11-7-9-26(19-28)39(41,42)43/h6-14,17,19-20,25,31-32,44H,1,15-16,18,21-22H2,2-5H3,(H,45,48)(H,46,50)/t25-,31-,32-,38-,53?/m1/s1. The fourth-order valence-electron chi connectivity index (χ4n) is 6.52. The maximum atomic E-state index is 14.7. The van der Waals surface area contributed by atoms with Crippen molar-refractivity contribution in [2.75, 3.05) is 5.32 Å². The minimum atomic E-state index is -4.59. The van der Waals surface area contributed by atoms with Crippen molar-refractivity contribution in [3.8, 4) is 11.5 Å². The number of rotatable bonds is 11. The number of hydrogen-bond acceptors (Lipinski definition) is 6. The quantitative estimate of drug-likeness (QED) is 0.139. The number of carbonyl (C=O) groups excluding carboxylic acids is 3. The third-order valence-electron chi connectivity index (χ3n) is 10.2. The number of ether oxygens (including phenoxy) is 1. The summed E-state index contributed by atoms with van der Waals surface area (Å²) in [6, 6.07) is 14.6. The molecule has 0 saturated heterocycles. The molecule has 3 N–H and O–H groups in total. The average molecular weight is 771 g/mol. The number of fused-ring (bicyclic) bond motifs is 1. The largest absolute Gasteiger partial charge is 0.593 e. The molecule has 1 unspecified atom stereocenters. The van der Waals surface area contributed by atoms with Crippen LogP contribution in [0, 0.1) is 11.3 Å². The molecule has 5 atom stereocenters. The molecule has 14 heteroatoms. The minimum Gasteiger partial charge on any atom is -0.593 e. The summed E-state index contributed by atoms with van der Waals surface area (Å²) in [5.74, 6) is -1.17. The van der Waals surface area contributed by atoms with Gasteiger partial charge in [0.05, 0.1) is 16.9 Å². The topological polar surface area (TPSA) is 123 Å².